The first kappa shape index (κ1) is 19.7. The van der Waals surface area contributed by atoms with Gasteiger partial charge in [0.25, 0.3) is 0 Å². The summed E-state index contributed by atoms with van der Waals surface area (Å²) in [4.78, 5) is 36.8. The minimum absolute atomic E-state index is 0.0486. The normalized spacial score (nSPS) is 10.3. The number of carbonyl (C=O) groups excluding carboxylic acids is 2. The van der Waals surface area contributed by atoms with Gasteiger partial charge in [-0.3, -0.25) is 9.59 Å². The fraction of sp³-hybridized carbons (Fsp3) is 0.500. The Kier molecular flexibility index (Phi) is 7.42. The van der Waals surface area contributed by atoms with E-state index in [4.69, 9.17) is 5.11 Å². The minimum atomic E-state index is -1.02. The summed E-state index contributed by atoms with van der Waals surface area (Å²) in [6.07, 6.45) is 1.03. The van der Waals surface area contributed by atoms with E-state index in [0.29, 0.717) is 37.2 Å². The number of aromatic carboxylic acids is 1. The van der Waals surface area contributed by atoms with Crippen LogP contribution in [-0.2, 0) is 9.59 Å². The summed E-state index contributed by atoms with van der Waals surface area (Å²) in [7, 11) is 0. The molecule has 0 spiro atoms. The van der Waals surface area contributed by atoms with Crippen molar-refractivity contribution in [3.63, 3.8) is 0 Å². The van der Waals surface area contributed by atoms with Crippen molar-refractivity contribution in [2.24, 2.45) is 0 Å². The zero-order valence-corrected chi connectivity index (χ0v) is 14.8. The number of hydrogen-bond acceptors (Lipinski definition) is 3. The predicted octanol–water partition coefficient (Wildman–Crippen LogP) is 2.98. The summed E-state index contributed by atoms with van der Waals surface area (Å²) < 4.78 is 0. The van der Waals surface area contributed by atoms with Crippen molar-refractivity contribution in [1.29, 1.82) is 0 Å². The smallest absolute Gasteiger partial charge is 0.336 e. The van der Waals surface area contributed by atoms with E-state index in [1.54, 1.807) is 17.9 Å². The Balaban J connectivity index is 2.61. The molecule has 24 heavy (non-hydrogen) atoms. The Hall–Kier alpha value is -2.37. The highest BCUT2D eigenvalue weighted by Gasteiger charge is 2.14. The molecule has 0 saturated carbocycles. The first-order valence-electron chi connectivity index (χ1n) is 8.22. The fourth-order valence-electron chi connectivity index (χ4n) is 2.56. The SMILES string of the molecule is CCN(CC)C(=O)CCCC(=O)Nc1cc(C(=O)O)c(C)cc1C. The van der Waals surface area contributed by atoms with E-state index in [-0.39, 0.29) is 23.8 Å². The van der Waals surface area contributed by atoms with Gasteiger partial charge in [-0.2, -0.15) is 0 Å². The largest absolute Gasteiger partial charge is 0.478 e. The topological polar surface area (TPSA) is 86.7 Å². The molecule has 0 bridgehead atoms. The van der Waals surface area contributed by atoms with Gasteiger partial charge in [-0.05, 0) is 51.3 Å². The van der Waals surface area contributed by atoms with Crippen LogP contribution < -0.4 is 5.32 Å². The molecule has 0 radical (unpaired) electrons. The molecule has 6 nitrogen and oxygen atoms in total. The Morgan fingerprint density at radius 2 is 1.67 bits per heavy atom. The zero-order valence-electron chi connectivity index (χ0n) is 14.8. The van der Waals surface area contributed by atoms with E-state index in [1.807, 2.05) is 20.8 Å². The van der Waals surface area contributed by atoms with Crippen LogP contribution in [0.4, 0.5) is 5.69 Å². The number of carboxylic acids is 1. The van der Waals surface area contributed by atoms with Crippen LogP contribution in [0.15, 0.2) is 12.1 Å². The van der Waals surface area contributed by atoms with Gasteiger partial charge in [0.2, 0.25) is 11.8 Å². The van der Waals surface area contributed by atoms with Crippen molar-refractivity contribution in [3.8, 4) is 0 Å². The standard InChI is InChI=1S/C18H26N2O4/c1-5-20(6-2)17(22)9-7-8-16(21)19-15-11-14(18(23)24)12(3)10-13(15)4/h10-11H,5-9H2,1-4H3,(H,19,21)(H,23,24). The summed E-state index contributed by atoms with van der Waals surface area (Å²) in [5, 5.41) is 11.9. The molecule has 0 aromatic heterocycles. The van der Waals surface area contributed by atoms with Crippen LogP contribution in [0, 0.1) is 13.8 Å². The van der Waals surface area contributed by atoms with Gasteiger partial charge in [-0.15, -0.1) is 0 Å². The first-order chi connectivity index (χ1) is 11.3. The summed E-state index contributed by atoms with van der Waals surface area (Å²) in [5.41, 5.74) is 2.14. The third-order valence-corrected chi connectivity index (χ3v) is 3.99. The Bertz CT molecular complexity index is 622. The van der Waals surface area contributed by atoms with E-state index in [2.05, 4.69) is 5.32 Å². The van der Waals surface area contributed by atoms with E-state index in [0.717, 1.165) is 5.56 Å². The number of nitrogens with one attached hydrogen (secondary N) is 1. The summed E-state index contributed by atoms with van der Waals surface area (Å²) >= 11 is 0. The maximum absolute atomic E-state index is 12.0. The predicted molar refractivity (Wildman–Crippen MR) is 93.3 cm³/mol. The molecule has 1 aromatic carbocycles. The number of benzene rings is 1. The van der Waals surface area contributed by atoms with Crippen LogP contribution in [0.25, 0.3) is 0 Å². The van der Waals surface area contributed by atoms with E-state index < -0.39 is 5.97 Å². The van der Waals surface area contributed by atoms with Crippen LogP contribution in [0.2, 0.25) is 0 Å². The molecule has 0 saturated heterocycles. The number of carbonyl (C=O) groups is 3. The van der Waals surface area contributed by atoms with E-state index in [1.165, 1.54) is 6.07 Å². The highest BCUT2D eigenvalue weighted by molar-refractivity contribution is 5.95. The van der Waals surface area contributed by atoms with Crippen LogP contribution >= 0.6 is 0 Å². The summed E-state index contributed by atoms with van der Waals surface area (Å²) in [6.45, 7) is 8.73. The fourth-order valence-corrected chi connectivity index (χ4v) is 2.56. The zero-order chi connectivity index (χ0) is 18.3. The summed E-state index contributed by atoms with van der Waals surface area (Å²) in [5.74, 6) is -1.19. The lowest BCUT2D eigenvalue weighted by atomic mass is 10.0. The minimum Gasteiger partial charge on any atom is -0.478 e. The summed E-state index contributed by atoms with van der Waals surface area (Å²) in [6, 6.07) is 3.22. The van der Waals surface area contributed by atoms with Crippen LogP contribution in [0.1, 0.15) is 54.6 Å². The number of hydrogen-bond donors (Lipinski definition) is 2. The molecule has 2 amide bonds. The number of anilines is 1. The van der Waals surface area contributed by atoms with Gasteiger partial charge in [0.15, 0.2) is 0 Å². The molecule has 0 aliphatic carbocycles. The van der Waals surface area contributed by atoms with E-state index in [9.17, 15) is 14.4 Å². The molecule has 1 aromatic rings. The Labute approximate surface area is 142 Å². The Morgan fingerprint density at radius 1 is 1.04 bits per heavy atom. The molecule has 0 atom stereocenters. The van der Waals surface area contributed by atoms with Gasteiger partial charge in [0.1, 0.15) is 0 Å². The monoisotopic (exact) mass is 334 g/mol. The number of nitrogens with zero attached hydrogens (tertiary/aromatic N) is 1. The van der Waals surface area contributed by atoms with Crippen molar-refractivity contribution >= 4 is 23.5 Å². The van der Waals surface area contributed by atoms with Gasteiger partial charge in [-0.1, -0.05) is 6.07 Å². The van der Waals surface area contributed by atoms with Crippen LogP contribution in [0.5, 0.6) is 0 Å². The number of aryl methyl sites for hydroxylation is 2. The van der Waals surface area contributed by atoms with Crippen molar-refractivity contribution in [2.45, 2.75) is 47.0 Å². The lowest BCUT2D eigenvalue weighted by Gasteiger charge is -2.18. The molecule has 2 N–H and O–H groups in total. The van der Waals surface area contributed by atoms with Gasteiger partial charge >= 0.3 is 5.97 Å². The molecule has 1 rings (SSSR count). The first-order valence-corrected chi connectivity index (χ1v) is 8.22. The maximum Gasteiger partial charge on any atom is 0.336 e. The molecule has 0 heterocycles. The van der Waals surface area contributed by atoms with Gasteiger partial charge < -0.3 is 15.3 Å². The van der Waals surface area contributed by atoms with Crippen molar-refractivity contribution in [2.75, 3.05) is 18.4 Å². The van der Waals surface area contributed by atoms with Crippen molar-refractivity contribution in [3.05, 3.63) is 28.8 Å². The highest BCUT2D eigenvalue weighted by atomic mass is 16.4. The lowest BCUT2D eigenvalue weighted by Crippen LogP contribution is -2.30. The van der Waals surface area contributed by atoms with Crippen LogP contribution in [-0.4, -0.2) is 40.9 Å². The highest BCUT2D eigenvalue weighted by Crippen LogP contribution is 2.21. The third kappa shape index (κ3) is 5.37. The average molecular weight is 334 g/mol. The maximum atomic E-state index is 12.0. The lowest BCUT2D eigenvalue weighted by molar-refractivity contribution is -0.131. The van der Waals surface area contributed by atoms with Crippen LogP contribution in [0.3, 0.4) is 0 Å². The average Bonchev–Trinajstić information content (AvgIpc) is 2.50. The molecular weight excluding hydrogens is 308 g/mol. The molecule has 0 aliphatic rings. The Morgan fingerprint density at radius 3 is 2.21 bits per heavy atom. The molecular formula is C18H26N2O4. The number of rotatable bonds is 8. The molecule has 0 unspecified atom stereocenters. The van der Waals surface area contributed by atoms with Gasteiger partial charge in [-0.25, -0.2) is 4.79 Å². The molecule has 0 fully saturated rings. The third-order valence-electron chi connectivity index (χ3n) is 3.99. The second kappa shape index (κ2) is 9.05. The van der Waals surface area contributed by atoms with Crippen molar-refractivity contribution < 1.29 is 19.5 Å². The molecule has 6 heteroatoms. The van der Waals surface area contributed by atoms with Gasteiger partial charge in [0.05, 0.1) is 5.56 Å². The molecule has 0 aliphatic heterocycles. The van der Waals surface area contributed by atoms with E-state index >= 15 is 0 Å². The quantitative estimate of drug-likeness (QED) is 0.765. The number of amides is 2. The second-order valence-corrected chi connectivity index (χ2v) is 5.75. The second-order valence-electron chi connectivity index (χ2n) is 5.75. The van der Waals surface area contributed by atoms with Gasteiger partial charge in [0, 0.05) is 31.6 Å². The number of carboxylic acid groups (broad SMARTS) is 1. The van der Waals surface area contributed by atoms with Crippen molar-refractivity contribution in [1.82, 2.24) is 4.90 Å². The molecule has 132 valence electrons.